The molecule has 1 aliphatic carbocycles. The summed E-state index contributed by atoms with van der Waals surface area (Å²) >= 11 is 0. The van der Waals surface area contributed by atoms with Crippen LogP contribution in [0.2, 0.25) is 0 Å². The van der Waals surface area contributed by atoms with Crippen molar-refractivity contribution in [2.24, 2.45) is 0 Å². The number of rotatable bonds is 3. The van der Waals surface area contributed by atoms with Crippen molar-refractivity contribution in [3.05, 3.63) is 24.0 Å². The predicted molar refractivity (Wildman–Crippen MR) is 88.2 cm³/mol. The molecule has 25 heavy (non-hydrogen) atoms. The van der Waals surface area contributed by atoms with Crippen molar-refractivity contribution in [3.8, 4) is 0 Å². The maximum atomic E-state index is 14.6. The van der Waals surface area contributed by atoms with E-state index in [2.05, 4.69) is 5.32 Å². The molecule has 2 atom stereocenters. The molecule has 2 unspecified atom stereocenters. The van der Waals surface area contributed by atoms with Gasteiger partial charge in [-0.3, -0.25) is 9.69 Å². The normalized spacial score (nSPS) is 28.2. The molecule has 1 saturated carbocycles. The number of nitrogens with zero attached hydrogens (tertiary/aromatic N) is 2. The van der Waals surface area contributed by atoms with Gasteiger partial charge in [0.2, 0.25) is 5.91 Å². The molecule has 2 saturated heterocycles. The van der Waals surface area contributed by atoms with Gasteiger partial charge >= 0.3 is 6.09 Å². The molecule has 1 aromatic carbocycles. The second-order valence-corrected chi connectivity index (χ2v) is 6.71. The minimum absolute atomic E-state index is 0.155. The summed E-state index contributed by atoms with van der Waals surface area (Å²) in [5, 5.41) is 2.77. The Morgan fingerprint density at radius 1 is 1.36 bits per heavy atom. The van der Waals surface area contributed by atoms with Crippen LogP contribution in [0.1, 0.15) is 13.3 Å². The van der Waals surface area contributed by atoms with E-state index < -0.39 is 11.7 Å². The van der Waals surface area contributed by atoms with E-state index in [-0.39, 0.29) is 17.8 Å². The molecule has 3 aliphatic rings. The fourth-order valence-electron chi connectivity index (χ4n) is 3.52. The number of halogens is 1. The number of benzene rings is 1. The molecule has 7 nitrogen and oxygen atoms in total. The molecule has 1 aromatic rings. The number of amides is 2. The average molecular weight is 349 g/mol. The van der Waals surface area contributed by atoms with Gasteiger partial charge in [-0.15, -0.1) is 0 Å². The molecule has 2 amide bonds. The lowest BCUT2D eigenvalue weighted by molar-refractivity contribution is -0.119. The molecule has 0 bridgehead atoms. The molecule has 8 heteroatoms. The van der Waals surface area contributed by atoms with Gasteiger partial charge in [0.1, 0.15) is 5.82 Å². The Morgan fingerprint density at radius 3 is 2.80 bits per heavy atom. The molecule has 1 N–H and O–H groups in total. The second kappa shape index (κ2) is 5.87. The molecule has 2 aliphatic heterocycles. The Kier molecular flexibility index (Phi) is 3.79. The van der Waals surface area contributed by atoms with Gasteiger partial charge in [0, 0.05) is 26.4 Å². The first-order valence-corrected chi connectivity index (χ1v) is 8.38. The van der Waals surface area contributed by atoms with Crippen LogP contribution in [0.3, 0.4) is 0 Å². The topological polar surface area (TPSA) is 71.1 Å². The number of ether oxygens (including phenoxy) is 2. The van der Waals surface area contributed by atoms with Crippen LogP contribution in [-0.4, -0.2) is 56.5 Å². The molecule has 0 radical (unpaired) electrons. The van der Waals surface area contributed by atoms with E-state index in [1.54, 1.807) is 12.1 Å². The van der Waals surface area contributed by atoms with E-state index in [4.69, 9.17) is 9.47 Å². The summed E-state index contributed by atoms with van der Waals surface area (Å²) in [5.74, 6) is -0.528. The zero-order valence-corrected chi connectivity index (χ0v) is 14.0. The van der Waals surface area contributed by atoms with Crippen LogP contribution in [-0.2, 0) is 14.3 Å². The maximum Gasteiger partial charge on any atom is 0.415 e. The summed E-state index contributed by atoms with van der Waals surface area (Å²) in [4.78, 5) is 26.7. The number of morpholine rings is 1. The highest BCUT2D eigenvalue weighted by atomic mass is 19.1. The highest BCUT2D eigenvalue weighted by Gasteiger charge is 2.64. The van der Waals surface area contributed by atoms with Crippen molar-refractivity contribution in [2.45, 2.75) is 25.0 Å². The standard InChI is InChI=1S/C17H20FN3O4/c1-11(22)19-15-9-17(15)10-21(16(23)25-17)12-2-3-14(13(18)8-12)20-4-6-24-7-5-20/h2-3,8,15H,4-7,9-10H2,1H3,(H,19,22). The Bertz CT molecular complexity index is 722. The lowest BCUT2D eigenvalue weighted by Gasteiger charge is -2.29. The average Bonchev–Trinajstić information content (AvgIpc) is 3.10. The van der Waals surface area contributed by atoms with Crippen LogP contribution >= 0.6 is 0 Å². The van der Waals surface area contributed by atoms with Crippen LogP contribution in [0.25, 0.3) is 0 Å². The number of hydrogen-bond acceptors (Lipinski definition) is 5. The van der Waals surface area contributed by atoms with Crippen molar-refractivity contribution < 1.29 is 23.5 Å². The molecular formula is C17H20FN3O4. The highest BCUT2D eigenvalue weighted by Crippen LogP contribution is 2.46. The molecule has 0 aromatic heterocycles. The Balaban J connectivity index is 1.50. The second-order valence-electron chi connectivity index (χ2n) is 6.71. The largest absolute Gasteiger partial charge is 0.438 e. The maximum absolute atomic E-state index is 14.6. The van der Waals surface area contributed by atoms with Gasteiger partial charge in [-0.1, -0.05) is 0 Å². The summed E-state index contributed by atoms with van der Waals surface area (Å²) in [5.41, 5.74) is 0.295. The molecule has 134 valence electrons. The van der Waals surface area contributed by atoms with Crippen LogP contribution in [0.5, 0.6) is 0 Å². The zero-order valence-electron chi connectivity index (χ0n) is 14.0. The summed E-state index contributed by atoms with van der Waals surface area (Å²) in [6.07, 6.45) is 0.0785. The minimum Gasteiger partial charge on any atom is -0.438 e. The van der Waals surface area contributed by atoms with Crippen LogP contribution in [0, 0.1) is 5.82 Å². The van der Waals surface area contributed by atoms with Crippen LogP contribution in [0.15, 0.2) is 18.2 Å². The van der Waals surface area contributed by atoms with Crippen molar-refractivity contribution in [2.75, 3.05) is 42.6 Å². The Hall–Kier alpha value is -2.35. The van der Waals surface area contributed by atoms with Gasteiger partial charge in [-0.05, 0) is 18.2 Å². The van der Waals surface area contributed by atoms with E-state index >= 15 is 0 Å². The first-order chi connectivity index (χ1) is 12.0. The van der Waals surface area contributed by atoms with E-state index in [1.165, 1.54) is 17.9 Å². The number of carbonyl (C=O) groups is 2. The van der Waals surface area contributed by atoms with Crippen LogP contribution in [0.4, 0.5) is 20.6 Å². The van der Waals surface area contributed by atoms with Crippen LogP contribution < -0.4 is 15.1 Å². The minimum atomic E-state index is -0.678. The van der Waals surface area contributed by atoms with E-state index in [0.717, 1.165) is 0 Å². The highest BCUT2D eigenvalue weighted by molar-refractivity contribution is 5.91. The van der Waals surface area contributed by atoms with E-state index in [0.29, 0.717) is 50.6 Å². The number of carbonyl (C=O) groups excluding carboxylic acids is 2. The van der Waals surface area contributed by atoms with Gasteiger partial charge in [0.05, 0.1) is 37.2 Å². The third kappa shape index (κ3) is 2.90. The van der Waals surface area contributed by atoms with E-state index in [1.807, 2.05) is 4.90 Å². The smallest absolute Gasteiger partial charge is 0.415 e. The fourth-order valence-corrected chi connectivity index (χ4v) is 3.52. The van der Waals surface area contributed by atoms with E-state index in [9.17, 15) is 14.0 Å². The van der Waals surface area contributed by atoms with Gasteiger partial charge in [0.15, 0.2) is 5.60 Å². The van der Waals surface area contributed by atoms with Gasteiger partial charge in [0.25, 0.3) is 0 Å². The first kappa shape index (κ1) is 16.1. The zero-order chi connectivity index (χ0) is 17.6. The molecule has 2 heterocycles. The summed E-state index contributed by atoms with van der Waals surface area (Å²) in [7, 11) is 0. The third-order valence-electron chi connectivity index (χ3n) is 4.93. The quantitative estimate of drug-likeness (QED) is 0.890. The Labute approximate surface area is 144 Å². The summed E-state index contributed by atoms with van der Waals surface area (Å²) < 4.78 is 25.3. The molecule has 4 rings (SSSR count). The van der Waals surface area contributed by atoms with Gasteiger partial charge in [-0.25, -0.2) is 9.18 Å². The molecular weight excluding hydrogens is 329 g/mol. The predicted octanol–water partition coefficient (Wildman–Crippen LogP) is 1.27. The van der Waals surface area contributed by atoms with Gasteiger partial charge < -0.3 is 19.7 Å². The lowest BCUT2D eigenvalue weighted by atomic mass is 10.2. The Morgan fingerprint density at radius 2 is 2.12 bits per heavy atom. The monoisotopic (exact) mass is 349 g/mol. The van der Waals surface area contributed by atoms with Crippen molar-refractivity contribution in [1.82, 2.24) is 5.32 Å². The number of nitrogens with one attached hydrogen (secondary N) is 1. The van der Waals surface area contributed by atoms with Crippen molar-refractivity contribution in [1.29, 1.82) is 0 Å². The van der Waals surface area contributed by atoms with Crippen molar-refractivity contribution in [3.63, 3.8) is 0 Å². The van der Waals surface area contributed by atoms with Gasteiger partial charge in [-0.2, -0.15) is 0 Å². The van der Waals surface area contributed by atoms with Crippen molar-refractivity contribution >= 4 is 23.4 Å². The summed E-state index contributed by atoms with van der Waals surface area (Å²) in [6, 6.07) is 4.61. The fraction of sp³-hybridized carbons (Fsp3) is 0.529. The summed E-state index contributed by atoms with van der Waals surface area (Å²) in [6.45, 7) is 4.18. The lowest BCUT2D eigenvalue weighted by Crippen LogP contribution is -2.36. The third-order valence-corrected chi connectivity index (χ3v) is 4.93. The first-order valence-electron chi connectivity index (χ1n) is 8.38. The number of anilines is 2. The SMILES string of the molecule is CC(=O)NC1CC12CN(c1ccc(N3CCOCC3)c(F)c1)C(=O)O2. The number of hydrogen-bond donors (Lipinski definition) is 1. The molecule has 1 spiro atoms. The molecule has 3 fully saturated rings.